The van der Waals surface area contributed by atoms with E-state index in [0.29, 0.717) is 5.56 Å². The average Bonchev–Trinajstić information content (AvgIpc) is 0.812. The first kappa shape index (κ1) is 116. The van der Waals surface area contributed by atoms with Crippen molar-refractivity contribution >= 4 is 118 Å². The summed E-state index contributed by atoms with van der Waals surface area (Å²) in [6.45, 7) is 5.78. The van der Waals surface area contributed by atoms with Gasteiger partial charge in [-0.2, -0.15) is 0 Å². The van der Waals surface area contributed by atoms with Gasteiger partial charge in [-0.05, 0) is 197 Å². The summed E-state index contributed by atoms with van der Waals surface area (Å²) in [7, 11) is 0. The number of primary amides is 1. The Morgan fingerprint density at radius 1 is 0.381 bits per heavy atom. The van der Waals surface area contributed by atoms with Crippen molar-refractivity contribution in [3.63, 3.8) is 0 Å². The molecule has 1 heterocycles. The quantitative estimate of drug-likeness (QED) is 0.0292. The van der Waals surface area contributed by atoms with Crippen LogP contribution in [0.25, 0.3) is 0 Å². The minimum Gasteiger partial charge on any atom is -0.508 e. The largest absolute Gasteiger partial charge is 0.508 e. The first-order valence-corrected chi connectivity index (χ1v) is 47.1. The molecule has 1 saturated heterocycles. The SMILES string of the molecule is CC(C)C[C@@H]1NC(=O)CNC(=O)[C@H](c2ccc(O)cc2)NC(=O)[C@@H]([C@@H](C)O)NC(=O)[C@H](c2ccc(O)cc2)NC(=O)[C@@H](CCCN)NC(=O)[C@H](Cc2ccccc2)NC(=O)[C@H]([C@H](C)O)NC(=O)[C@@H](c2ccc(O)cc2)NC(=O)[C@H](c2ccc(O)cc2)NC(=O)[C@@H]([C@@H](C)O)NC(=O)[C@@H](CCCN)NC(=O)[C@@H](c2ccc(O)cc2)NC(=O)[C@@H](NC(=O)[C@@H](N)CC(N)=O)CCNC(=O)[C@H](c2ccc(O)c(Cl)c2)NC(=O)[C@@H](C)NC1=O. The molecule has 7 aromatic carbocycles. The third-order valence-corrected chi connectivity index (χ3v) is 23.5. The van der Waals surface area contributed by atoms with Gasteiger partial charge >= 0.3 is 0 Å². The van der Waals surface area contributed by atoms with E-state index in [1.165, 1.54) is 37.3 Å². The first-order chi connectivity index (χ1) is 69.6. The van der Waals surface area contributed by atoms with Crippen LogP contribution in [0.2, 0.25) is 5.02 Å². The topological polar surface area (TPSA) is 798 Å². The van der Waals surface area contributed by atoms with E-state index in [1.807, 2.05) is 0 Å². The highest BCUT2D eigenvalue weighted by Gasteiger charge is 2.43. The number of nitrogens with one attached hydrogen (secondary N) is 17. The molecule has 0 saturated carbocycles. The Balaban J connectivity index is 1.21. The summed E-state index contributed by atoms with van der Waals surface area (Å²) >= 11 is 6.35. The summed E-state index contributed by atoms with van der Waals surface area (Å²) in [4.78, 5) is 264. The van der Waals surface area contributed by atoms with Gasteiger partial charge in [-0.15, -0.1) is 0 Å². The predicted molar refractivity (Wildman–Crippen MR) is 526 cm³/mol. The maximum absolute atomic E-state index is 15.3. The van der Waals surface area contributed by atoms with Crippen LogP contribution in [-0.4, -0.2) is 257 Å². The Kier molecular flexibility index (Phi) is 43.9. The maximum Gasteiger partial charge on any atom is 0.248 e. The monoisotopic (exact) mass is 2060 g/mol. The van der Waals surface area contributed by atoms with Crippen molar-refractivity contribution in [1.82, 2.24) is 90.4 Å². The molecule has 49 heteroatoms. The Morgan fingerprint density at radius 2 is 0.714 bits per heavy atom. The van der Waals surface area contributed by atoms with E-state index in [1.54, 1.807) is 44.2 Å². The fourth-order valence-corrected chi connectivity index (χ4v) is 15.3. The molecule has 34 N–H and O–H groups in total. The first-order valence-electron chi connectivity index (χ1n) is 46.7. The molecule has 0 aliphatic carbocycles. The van der Waals surface area contributed by atoms with Gasteiger partial charge in [-0.25, -0.2) is 0 Å². The van der Waals surface area contributed by atoms with Crippen LogP contribution in [0.3, 0.4) is 0 Å². The van der Waals surface area contributed by atoms with E-state index in [4.69, 9.17) is 34.5 Å². The molecule has 1 fully saturated rings. The Hall–Kier alpha value is -16.2. The van der Waals surface area contributed by atoms with E-state index >= 15 is 38.4 Å². The summed E-state index contributed by atoms with van der Waals surface area (Å²) in [6.07, 6.45) is -8.50. The fraction of sp³-hybridized carbons (Fsp3) is 0.388. The molecule has 48 nitrogen and oxygen atoms in total. The molecule has 0 bridgehead atoms. The number of aromatic hydroxyl groups is 6. The molecule has 1 aliphatic rings. The van der Waals surface area contributed by atoms with Gasteiger partial charge in [0.15, 0.2) is 0 Å². The van der Waals surface area contributed by atoms with Gasteiger partial charge in [-0.1, -0.05) is 123 Å². The number of nitrogens with two attached hydrogens (primary N) is 4. The highest BCUT2D eigenvalue weighted by Crippen LogP contribution is 2.30. The fourth-order valence-electron chi connectivity index (χ4n) is 15.1. The van der Waals surface area contributed by atoms with Crippen molar-refractivity contribution < 1.29 is 132 Å². The minimum atomic E-state index is -2.12. The number of halogens is 1. The lowest BCUT2D eigenvalue weighted by Crippen LogP contribution is -2.61. The van der Waals surface area contributed by atoms with Crippen LogP contribution in [0.1, 0.15) is 162 Å². The van der Waals surface area contributed by atoms with Gasteiger partial charge in [0.05, 0.1) is 42.3 Å². The highest BCUT2D eigenvalue weighted by molar-refractivity contribution is 6.32. The number of benzene rings is 7. The highest BCUT2D eigenvalue weighted by atomic mass is 35.5. The van der Waals surface area contributed by atoms with Crippen molar-refractivity contribution in [2.45, 2.75) is 208 Å². The summed E-state index contributed by atoms with van der Waals surface area (Å²) in [5.41, 5.74) is 23.0. The van der Waals surface area contributed by atoms with Crippen LogP contribution < -0.4 is 113 Å². The van der Waals surface area contributed by atoms with Crippen LogP contribution in [0.5, 0.6) is 34.5 Å². The second-order valence-electron chi connectivity index (χ2n) is 35.3. The van der Waals surface area contributed by atoms with E-state index in [2.05, 4.69) is 90.4 Å². The second kappa shape index (κ2) is 55.6. The van der Waals surface area contributed by atoms with Gasteiger partial charge in [0.25, 0.3) is 0 Å². The van der Waals surface area contributed by atoms with Crippen molar-refractivity contribution in [2.24, 2.45) is 28.9 Å². The molecule has 18 amide bonds. The molecule has 1 aliphatic heterocycles. The number of phenolic OH excluding ortho intramolecular Hbond substituents is 6. The lowest BCUT2D eigenvalue weighted by Gasteiger charge is -2.30. The molecule has 0 spiro atoms. The van der Waals surface area contributed by atoms with Gasteiger partial charge in [0.2, 0.25) is 106 Å². The number of carbonyl (C=O) groups excluding carboxylic acids is 18. The van der Waals surface area contributed by atoms with Crippen LogP contribution in [0.15, 0.2) is 170 Å². The number of phenols is 6. The lowest BCUT2D eigenvalue weighted by atomic mass is 10.0. The van der Waals surface area contributed by atoms with E-state index in [9.17, 15) is 93.9 Å². The second-order valence-corrected chi connectivity index (χ2v) is 35.8. The van der Waals surface area contributed by atoms with Gasteiger partial charge < -0.3 is 159 Å². The third-order valence-electron chi connectivity index (χ3n) is 23.2. The van der Waals surface area contributed by atoms with Crippen LogP contribution in [0, 0.1) is 5.92 Å². The van der Waals surface area contributed by atoms with Crippen molar-refractivity contribution in [3.8, 4) is 34.5 Å². The number of aliphatic hydroxyl groups is 3. The molecule has 19 atom stereocenters. The van der Waals surface area contributed by atoms with Crippen LogP contribution in [-0.2, 0) is 92.7 Å². The molecule has 7 aromatic rings. The molecule has 147 heavy (non-hydrogen) atoms. The van der Waals surface area contributed by atoms with E-state index in [-0.39, 0.29) is 112 Å². The Bertz CT molecular complexity index is 5800. The zero-order valence-electron chi connectivity index (χ0n) is 80.8. The lowest BCUT2D eigenvalue weighted by molar-refractivity contribution is -0.138. The number of hydrogen-bond donors (Lipinski definition) is 30. The molecular weight excluding hydrogens is 1940 g/mol. The third kappa shape index (κ3) is 35.1. The maximum atomic E-state index is 15.3. The Labute approximate surface area is 847 Å². The van der Waals surface area contributed by atoms with Gasteiger partial charge in [0, 0.05) is 13.0 Å². The zero-order chi connectivity index (χ0) is 108. The smallest absolute Gasteiger partial charge is 0.248 e. The number of amides is 18. The van der Waals surface area contributed by atoms with E-state index < -0.39 is 265 Å². The molecule has 0 unspecified atom stereocenters. The number of rotatable bonds is 23. The summed E-state index contributed by atoms with van der Waals surface area (Å²) in [6, 6.07) is 4.05. The van der Waals surface area contributed by atoms with Crippen molar-refractivity contribution in [2.75, 3.05) is 26.2 Å². The Morgan fingerprint density at radius 3 is 1.13 bits per heavy atom. The van der Waals surface area contributed by atoms with Gasteiger partial charge in [0.1, 0.15) is 125 Å². The molecule has 0 aromatic heterocycles. The standard InChI is InChI=1S/C98H124ClN21O27/c1-47(2)42-69-88(137)106-48(3)83(132)115-82(58-26-37-71(129)64(99)44-58)90(139)104-41-38-68(108-84(133)65(102)45-72(103)130)87(136)116-78(54-18-29-60(125)30-19-54)95(144)110-67(15-11-40-101)85(134)112-75(50(5)122)93(142)119-81(57-24-35-63(128)36-25-57)98(147)120-80(56-22-33-62(127)34-23-56)97(146)113-74(49(4)121)92(141)111-70(43-52-12-8-7-9-13-52)89(138)109-66(14-10-39-100)86(135)117-79(55-20-31-61(126)32-21-55)96(145)114-76(51(6)123)94(143)118-77(53-16-27-59(124)28-17-53)91(140)105-46-73(131)107-69/h7-9,12-13,16-37,44,47-51,65-70,74-82,121-129H,10-11,14-15,38-43,45-46,100-102H2,1-6H3,(H2,103,130)(H,104,139)(H,105,140)(H,106,137)(H,107,131)(H,108,133)(H,109,138)(H,110,144)(H,111,141)(H,112,134)(H,113,146)(H,114,145)(H,115,132)(H,116,136)(H,117,135)(H,118,143)(H,119,142)(H,120,147)/t48-,49+,50-,51-,65+,66-,67-,68+,69+,70+,74+,75-,76-,77+,78-,79+,80-,81+,82+/m1/s1. The van der Waals surface area contributed by atoms with Crippen LogP contribution >= 0.6 is 11.6 Å². The summed E-state index contributed by atoms with van der Waals surface area (Å²) < 4.78 is 0. The van der Waals surface area contributed by atoms with Crippen LogP contribution in [0.4, 0.5) is 0 Å². The number of carbonyl (C=O) groups is 18. The van der Waals surface area contributed by atoms with Crippen molar-refractivity contribution in [3.05, 3.63) is 214 Å². The summed E-state index contributed by atoms with van der Waals surface area (Å²) in [5.74, 6) is -24.2. The average molecular weight is 2060 g/mol. The number of hydrogen-bond acceptors (Lipinski definition) is 30. The summed E-state index contributed by atoms with van der Waals surface area (Å²) in [5, 5.41) is 139. The van der Waals surface area contributed by atoms with Gasteiger partial charge in [-0.3, -0.25) is 86.3 Å². The molecule has 0 radical (unpaired) electrons. The number of aliphatic hydroxyl groups excluding tert-OH is 3. The van der Waals surface area contributed by atoms with Crippen molar-refractivity contribution in [1.29, 1.82) is 0 Å². The predicted octanol–water partition coefficient (Wildman–Crippen LogP) is -3.85. The van der Waals surface area contributed by atoms with E-state index in [0.717, 1.165) is 130 Å². The molecule has 8 rings (SSSR count). The molecule has 790 valence electrons. The minimum absolute atomic E-state index is 0.0273. The molecular formula is C98H124ClN21O27. The normalized spacial score (nSPS) is 23.7. The zero-order valence-corrected chi connectivity index (χ0v) is 81.5.